The molecule has 0 aliphatic carbocycles. The van der Waals surface area contributed by atoms with Crippen LogP contribution >= 0.6 is 0 Å². The van der Waals surface area contributed by atoms with Crippen LogP contribution in [-0.4, -0.2) is 49.9 Å². The Balaban J connectivity index is 1.36. The maximum absolute atomic E-state index is 12.1. The van der Waals surface area contributed by atoms with Crippen molar-refractivity contribution in [3.05, 3.63) is 60.3 Å². The van der Waals surface area contributed by atoms with Crippen molar-refractivity contribution in [3.8, 4) is 0 Å². The van der Waals surface area contributed by atoms with Gasteiger partial charge in [0.25, 0.3) is 0 Å². The number of hydrogen-bond donors (Lipinski definition) is 0. The molecule has 2 aliphatic rings. The highest BCUT2D eigenvalue weighted by Gasteiger charge is 2.30. The fourth-order valence-corrected chi connectivity index (χ4v) is 4.31. The van der Waals surface area contributed by atoms with Crippen molar-refractivity contribution >= 4 is 16.8 Å². The summed E-state index contributed by atoms with van der Waals surface area (Å²) in [5.74, 6) is 0.282. The number of benzene rings is 1. The molecule has 1 atom stereocenters. The molecule has 1 amide bonds. The SMILES string of the molecule is O=C1CCCN1C[C@H]1CN(Cc2ccc3ccccc3n2)Cc2cncn21. The number of nitrogens with zero attached hydrogens (tertiary/aromatic N) is 5. The van der Waals surface area contributed by atoms with Gasteiger partial charge in [-0.3, -0.25) is 14.7 Å². The smallest absolute Gasteiger partial charge is 0.222 e. The summed E-state index contributed by atoms with van der Waals surface area (Å²) >= 11 is 0. The van der Waals surface area contributed by atoms with E-state index in [2.05, 4.69) is 38.7 Å². The number of carbonyl (C=O) groups excluding carboxylic acids is 1. The largest absolute Gasteiger partial charge is 0.341 e. The van der Waals surface area contributed by atoms with E-state index in [0.717, 1.165) is 50.4 Å². The second kappa shape index (κ2) is 6.78. The molecular formula is C21H23N5O. The van der Waals surface area contributed by atoms with E-state index in [-0.39, 0.29) is 11.9 Å². The molecule has 2 aromatic heterocycles. The fraction of sp³-hybridized carbons (Fsp3) is 0.381. The first-order valence-electron chi connectivity index (χ1n) is 9.62. The number of hydrogen-bond acceptors (Lipinski definition) is 4. The zero-order valence-electron chi connectivity index (χ0n) is 15.3. The minimum absolute atomic E-state index is 0.249. The Morgan fingerprint density at radius 2 is 2.07 bits per heavy atom. The van der Waals surface area contributed by atoms with Crippen molar-refractivity contribution in [1.82, 2.24) is 24.3 Å². The van der Waals surface area contributed by atoms with E-state index in [1.165, 1.54) is 11.1 Å². The summed E-state index contributed by atoms with van der Waals surface area (Å²) in [6.07, 6.45) is 5.52. The lowest BCUT2D eigenvalue weighted by Crippen LogP contribution is -2.42. The zero-order valence-corrected chi connectivity index (χ0v) is 15.3. The highest BCUT2D eigenvalue weighted by atomic mass is 16.2. The van der Waals surface area contributed by atoms with Gasteiger partial charge in [-0.05, 0) is 18.6 Å². The standard InChI is InChI=1S/C21H23N5O/c27-21-6-3-9-25(21)14-19-13-24(12-18-10-22-15-26(18)19)11-17-8-7-16-4-1-2-5-20(16)23-17/h1-2,4-5,7-8,10,15,19H,3,6,9,11-14H2/t19-/m1/s1. The third-order valence-electron chi connectivity index (χ3n) is 5.64. The van der Waals surface area contributed by atoms with Crippen LogP contribution in [-0.2, 0) is 17.9 Å². The topological polar surface area (TPSA) is 54.3 Å². The third kappa shape index (κ3) is 3.21. The average Bonchev–Trinajstić information content (AvgIpc) is 3.31. The summed E-state index contributed by atoms with van der Waals surface area (Å²) in [5, 5.41) is 1.17. The monoisotopic (exact) mass is 361 g/mol. The van der Waals surface area contributed by atoms with Gasteiger partial charge in [-0.1, -0.05) is 24.3 Å². The summed E-state index contributed by atoms with van der Waals surface area (Å²) in [6, 6.07) is 12.7. The molecule has 3 aromatic rings. The van der Waals surface area contributed by atoms with Crippen LogP contribution < -0.4 is 0 Å². The van der Waals surface area contributed by atoms with E-state index in [0.29, 0.717) is 6.42 Å². The maximum Gasteiger partial charge on any atom is 0.222 e. The summed E-state index contributed by atoms with van der Waals surface area (Å²) in [6.45, 7) is 4.22. The Bertz CT molecular complexity index is 981. The number of fused-ring (bicyclic) bond motifs is 2. The maximum atomic E-state index is 12.1. The second-order valence-corrected chi connectivity index (χ2v) is 7.55. The third-order valence-corrected chi connectivity index (χ3v) is 5.64. The molecule has 4 heterocycles. The Morgan fingerprint density at radius 1 is 1.15 bits per heavy atom. The van der Waals surface area contributed by atoms with E-state index < -0.39 is 0 Å². The molecule has 27 heavy (non-hydrogen) atoms. The molecule has 0 bridgehead atoms. The van der Waals surface area contributed by atoms with Gasteiger partial charge in [0.05, 0.1) is 29.3 Å². The molecule has 0 spiro atoms. The molecule has 0 radical (unpaired) electrons. The number of likely N-dealkylation sites (tertiary alicyclic amines) is 1. The van der Waals surface area contributed by atoms with Gasteiger partial charge in [0.2, 0.25) is 5.91 Å². The lowest BCUT2D eigenvalue weighted by atomic mass is 10.1. The molecule has 5 rings (SSSR count). The van der Waals surface area contributed by atoms with Gasteiger partial charge >= 0.3 is 0 Å². The van der Waals surface area contributed by atoms with Crippen molar-refractivity contribution in [3.63, 3.8) is 0 Å². The fourth-order valence-electron chi connectivity index (χ4n) is 4.31. The Hall–Kier alpha value is -2.73. The highest BCUT2D eigenvalue weighted by molar-refractivity contribution is 5.78. The van der Waals surface area contributed by atoms with E-state index in [4.69, 9.17) is 4.98 Å². The minimum Gasteiger partial charge on any atom is -0.341 e. The summed E-state index contributed by atoms with van der Waals surface area (Å²) in [7, 11) is 0. The lowest BCUT2D eigenvalue weighted by molar-refractivity contribution is -0.128. The van der Waals surface area contributed by atoms with Crippen LogP contribution in [0.1, 0.15) is 30.3 Å². The molecule has 1 fully saturated rings. The van der Waals surface area contributed by atoms with Gasteiger partial charge in [-0.15, -0.1) is 0 Å². The molecular weight excluding hydrogens is 338 g/mol. The van der Waals surface area contributed by atoms with E-state index in [1.807, 2.05) is 29.6 Å². The first-order valence-corrected chi connectivity index (χ1v) is 9.62. The molecule has 0 N–H and O–H groups in total. The Kier molecular flexibility index (Phi) is 4.13. The van der Waals surface area contributed by atoms with Crippen LogP contribution in [0.4, 0.5) is 0 Å². The highest BCUT2D eigenvalue weighted by Crippen LogP contribution is 2.25. The van der Waals surface area contributed by atoms with E-state index >= 15 is 0 Å². The minimum atomic E-state index is 0.249. The summed E-state index contributed by atoms with van der Waals surface area (Å²) < 4.78 is 2.25. The van der Waals surface area contributed by atoms with E-state index in [9.17, 15) is 4.79 Å². The van der Waals surface area contributed by atoms with Gasteiger partial charge < -0.3 is 9.47 Å². The Morgan fingerprint density at radius 3 is 2.96 bits per heavy atom. The van der Waals surface area contributed by atoms with Crippen LogP contribution in [0.5, 0.6) is 0 Å². The van der Waals surface area contributed by atoms with Crippen molar-refractivity contribution in [2.24, 2.45) is 0 Å². The molecule has 0 saturated carbocycles. The van der Waals surface area contributed by atoms with Gasteiger partial charge in [-0.2, -0.15) is 0 Å². The van der Waals surface area contributed by atoms with Crippen molar-refractivity contribution in [1.29, 1.82) is 0 Å². The van der Waals surface area contributed by atoms with Crippen molar-refractivity contribution in [2.75, 3.05) is 19.6 Å². The van der Waals surface area contributed by atoms with Gasteiger partial charge in [0.15, 0.2) is 0 Å². The van der Waals surface area contributed by atoms with Crippen molar-refractivity contribution in [2.45, 2.75) is 32.0 Å². The quantitative estimate of drug-likeness (QED) is 0.717. The second-order valence-electron chi connectivity index (χ2n) is 7.55. The van der Waals surface area contributed by atoms with Crippen LogP contribution in [0, 0.1) is 0 Å². The van der Waals surface area contributed by atoms with E-state index in [1.54, 1.807) is 0 Å². The number of pyridine rings is 1. The number of para-hydroxylation sites is 1. The molecule has 6 nitrogen and oxygen atoms in total. The summed E-state index contributed by atoms with van der Waals surface area (Å²) in [5.41, 5.74) is 3.33. The first kappa shape index (κ1) is 16.4. The van der Waals surface area contributed by atoms with Crippen LogP contribution in [0.15, 0.2) is 48.9 Å². The zero-order chi connectivity index (χ0) is 18.2. The average molecular weight is 361 g/mol. The van der Waals surface area contributed by atoms with Gasteiger partial charge in [0.1, 0.15) is 0 Å². The number of rotatable bonds is 4. The van der Waals surface area contributed by atoms with Crippen LogP contribution in [0.25, 0.3) is 10.9 Å². The van der Waals surface area contributed by atoms with Gasteiger partial charge in [-0.25, -0.2) is 4.98 Å². The van der Waals surface area contributed by atoms with Crippen molar-refractivity contribution < 1.29 is 4.79 Å². The number of amides is 1. The number of imidazole rings is 1. The molecule has 1 saturated heterocycles. The molecule has 0 unspecified atom stereocenters. The molecule has 1 aromatic carbocycles. The number of carbonyl (C=O) groups is 1. The normalized spacial score (nSPS) is 20.4. The number of aromatic nitrogens is 3. The van der Waals surface area contributed by atoms with Gasteiger partial charge in [0, 0.05) is 50.7 Å². The first-order chi connectivity index (χ1) is 13.3. The lowest BCUT2D eigenvalue weighted by Gasteiger charge is -2.36. The van der Waals surface area contributed by atoms with Crippen LogP contribution in [0.2, 0.25) is 0 Å². The predicted molar refractivity (Wildman–Crippen MR) is 103 cm³/mol. The predicted octanol–water partition coefficient (Wildman–Crippen LogP) is 2.61. The molecule has 6 heteroatoms. The summed E-state index contributed by atoms with van der Waals surface area (Å²) in [4.78, 5) is 25.7. The molecule has 138 valence electrons. The molecule has 2 aliphatic heterocycles. The Labute approximate surface area is 158 Å². The van der Waals surface area contributed by atoms with Crippen LogP contribution in [0.3, 0.4) is 0 Å².